The number of nitrogens with zero attached hydrogens (tertiary/aromatic N) is 8. The summed E-state index contributed by atoms with van der Waals surface area (Å²) in [5.74, 6) is 2.37. The van der Waals surface area contributed by atoms with Crippen LogP contribution in [0, 0.1) is 0 Å². The minimum atomic E-state index is 0.666. The van der Waals surface area contributed by atoms with E-state index in [0.29, 0.717) is 19.2 Å². The fourth-order valence-electron chi connectivity index (χ4n) is 5.81. The Labute approximate surface area is 251 Å². The highest BCUT2D eigenvalue weighted by Crippen LogP contribution is 2.30. The number of rotatable bonds is 8. The van der Waals surface area contributed by atoms with Crippen LogP contribution in [0.25, 0.3) is 33.5 Å². The molecule has 0 atom stereocenters. The molecule has 7 rings (SSSR count). The van der Waals surface area contributed by atoms with Crippen LogP contribution in [-0.4, -0.2) is 93.4 Å². The van der Waals surface area contributed by atoms with Crippen LogP contribution in [-0.2, 0) is 30.0 Å². The van der Waals surface area contributed by atoms with Gasteiger partial charge >= 0.3 is 0 Å². The van der Waals surface area contributed by atoms with Crippen molar-refractivity contribution in [3.05, 3.63) is 66.6 Å². The number of aryl methyl sites for hydroxylation is 2. The molecule has 0 unspecified atom stereocenters. The van der Waals surface area contributed by atoms with E-state index in [0.717, 1.165) is 97.7 Å². The molecule has 5 aromatic rings. The highest BCUT2D eigenvalue weighted by Gasteiger charge is 2.19. The number of nitrogens with one attached hydrogen (secondary N) is 1. The average Bonchev–Trinajstić information content (AvgIpc) is 3.63. The van der Waals surface area contributed by atoms with Gasteiger partial charge in [-0.2, -0.15) is 10.1 Å². The van der Waals surface area contributed by atoms with Gasteiger partial charge in [0.1, 0.15) is 11.6 Å². The van der Waals surface area contributed by atoms with Crippen LogP contribution in [0.2, 0.25) is 0 Å². The van der Waals surface area contributed by atoms with E-state index in [9.17, 15) is 0 Å². The molecule has 0 amide bonds. The Balaban J connectivity index is 1.18. The number of hydrogen-bond donors (Lipinski definition) is 1. The Hall–Kier alpha value is -4.32. The first kappa shape index (κ1) is 27.5. The summed E-state index contributed by atoms with van der Waals surface area (Å²) in [5, 5.41) is 9.59. The lowest BCUT2D eigenvalue weighted by molar-refractivity contribution is 0.0383. The van der Waals surface area contributed by atoms with Crippen LogP contribution in [0.4, 0.5) is 17.5 Å². The van der Waals surface area contributed by atoms with Crippen LogP contribution in [0.3, 0.4) is 0 Å². The smallest absolute Gasteiger partial charge is 0.228 e. The fraction of sp³-hybridized carbons (Fsp3) is 0.375. The summed E-state index contributed by atoms with van der Waals surface area (Å²) in [6.45, 7) is 7.43. The van der Waals surface area contributed by atoms with E-state index in [1.54, 1.807) is 0 Å². The Bertz CT molecular complexity index is 1700. The minimum Gasteiger partial charge on any atom is -0.379 e. The van der Waals surface area contributed by atoms with E-state index in [2.05, 4.69) is 62.6 Å². The van der Waals surface area contributed by atoms with E-state index in [-0.39, 0.29) is 0 Å². The van der Waals surface area contributed by atoms with Crippen molar-refractivity contribution in [1.29, 1.82) is 0 Å². The number of morpholine rings is 2. The van der Waals surface area contributed by atoms with Gasteiger partial charge in [0, 0.05) is 93.9 Å². The lowest BCUT2D eigenvalue weighted by Crippen LogP contribution is -2.37. The van der Waals surface area contributed by atoms with Crippen LogP contribution in [0.5, 0.6) is 0 Å². The molecule has 0 saturated carbocycles. The molecule has 0 bridgehead atoms. The molecule has 5 heterocycles. The monoisotopic (exact) mass is 579 g/mol. The maximum absolute atomic E-state index is 5.60. The molecule has 1 N–H and O–H groups in total. The Morgan fingerprint density at radius 3 is 2.33 bits per heavy atom. The second-order valence-corrected chi connectivity index (χ2v) is 11.1. The molecule has 2 aliphatic rings. The fourth-order valence-corrected chi connectivity index (χ4v) is 5.81. The van der Waals surface area contributed by atoms with Crippen molar-refractivity contribution < 1.29 is 9.47 Å². The van der Waals surface area contributed by atoms with Crippen molar-refractivity contribution >= 4 is 28.4 Å². The molecular weight excluding hydrogens is 542 g/mol. The summed E-state index contributed by atoms with van der Waals surface area (Å²) in [7, 11) is 4.02. The van der Waals surface area contributed by atoms with Gasteiger partial charge in [0.2, 0.25) is 5.95 Å². The molecule has 0 spiro atoms. The highest BCUT2D eigenvalue weighted by molar-refractivity contribution is 5.87. The van der Waals surface area contributed by atoms with Crippen molar-refractivity contribution in [3.63, 3.8) is 0 Å². The lowest BCUT2D eigenvalue weighted by Gasteiger charge is -2.27. The van der Waals surface area contributed by atoms with Crippen LogP contribution in [0.15, 0.2) is 60.9 Å². The zero-order valence-electron chi connectivity index (χ0n) is 24.7. The summed E-state index contributed by atoms with van der Waals surface area (Å²) in [5.41, 5.74) is 6.12. The minimum absolute atomic E-state index is 0.666. The normalized spacial score (nSPS) is 16.2. The quantitative estimate of drug-likeness (QED) is 0.294. The van der Waals surface area contributed by atoms with Gasteiger partial charge in [-0.1, -0.05) is 12.1 Å². The van der Waals surface area contributed by atoms with Crippen molar-refractivity contribution in [2.45, 2.75) is 6.42 Å². The largest absolute Gasteiger partial charge is 0.379 e. The predicted octanol–water partition coefficient (Wildman–Crippen LogP) is 3.89. The third kappa shape index (κ3) is 5.96. The summed E-state index contributed by atoms with van der Waals surface area (Å²) >= 11 is 0. The Kier molecular flexibility index (Phi) is 7.75. The van der Waals surface area contributed by atoms with Crippen LogP contribution < -0.4 is 10.2 Å². The zero-order valence-corrected chi connectivity index (χ0v) is 24.7. The SMILES string of the molecule is Cn1ccnc1-c1ccc(Nc2cc(-c3ccc4c(CCN5CCOCC5)nn(C)c4c3)nc(N3CCOCC3)n2)cc1. The van der Waals surface area contributed by atoms with Gasteiger partial charge in [0.15, 0.2) is 0 Å². The Morgan fingerprint density at radius 2 is 1.58 bits per heavy atom. The van der Waals surface area contributed by atoms with Crippen LogP contribution in [0.1, 0.15) is 5.69 Å². The molecule has 222 valence electrons. The molecule has 0 aliphatic carbocycles. The van der Waals surface area contributed by atoms with E-state index >= 15 is 0 Å². The molecular formula is C32H37N9O2. The van der Waals surface area contributed by atoms with Gasteiger partial charge in [-0.3, -0.25) is 9.58 Å². The third-order valence-corrected chi connectivity index (χ3v) is 8.24. The number of ether oxygens (including phenoxy) is 2. The number of benzene rings is 2. The highest BCUT2D eigenvalue weighted by atomic mass is 16.5. The molecule has 11 heteroatoms. The molecule has 2 fully saturated rings. The predicted molar refractivity (Wildman–Crippen MR) is 168 cm³/mol. The number of aromatic nitrogens is 6. The standard InChI is InChI=1S/C32H37N9O2/c1-38-12-10-33-31(38)23-3-6-25(7-4-23)34-30-22-28(35-32(36-30)41-15-19-43-20-16-41)24-5-8-26-27(37-39(2)29(26)21-24)9-11-40-13-17-42-18-14-40/h3-8,10,12,21-22H,9,11,13-20H2,1-2H3,(H,34,35,36). The van der Waals surface area contributed by atoms with Crippen molar-refractivity contribution in [3.8, 4) is 22.6 Å². The van der Waals surface area contributed by atoms with E-state index in [1.807, 2.05) is 41.8 Å². The lowest BCUT2D eigenvalue weighted by atomic mass is 10.1. The van der Waals surface area contributed by atoms with Gasteiger partial charge in [0.25, 0.3) is 0 Å². The van der Waals surface area contributed by atoms with Crippen molar-refractivity contribution in [2.75, 3.05) is 69.4 Å². The van der Waals surface area contributed by atoms with Gasteiger partial charge in [-0.25, -0.2) is 9.97 Å². The maximum atomic E-state index is 5.60. The molecule has 0 radical (unpaired) electrons. The van der Waals surface area contributed by atoms with E-state index < -0.39 is 0 Å². The van der Waals surface area contributed by atoms with Crippen molar-refractivity contribution in [1.82, 2.24) is 34.2 Å². The second kappa shape index (κ2) is 12.1. The topological polar surface area (TPSA) is 98.4 Å². The summed E-state index contributed by atoms with van der Waals surface area (Å²) in [6, 6.07) is 16.8. The number of imidazole rings is 1. The average molecular weight is 580 g/mol. The Morgan fingerprint density at radius 1 is 0.837 bits per heavy atom. The van der Waals surface area contributed by atoms with Gasteiger partial charge in [-0.15, -0.1) is 0 Å². The first-order valence-corrected chi connectivity index (χ1v) is 14.9. The number of anilines is 3. The van der Waals surface area contributed by atoms with E-state index in [1.165, 1.54) is 5.39 Å². The van der Waals surface area contributed by atoms with Gasteiger partial charge < -0.3 is 24.3 Å². The molecule has 2 aromatic carbocycles. The first-order chi connectivity index (χ1) is 21.1. The van der Waals surface area contributed by atoms with Crippen LogP contribution >= 0.6 is 0 Å². The number of fused-ring (bicyclic) bond motifs is 1. The van der Waals surface area contributed by atoms with Crippen molar-refractivity contribution in [2.24, 2.45) is 14.1 Å². The maximum Gasteiger partial charge on any atom is 0.228 e. The summed E-state index contributed by atoms with van der Waals surface area (Å²) in [4.78, 5) is 19.0. The molecule has 2 saturated heterocycles. The van der Waals surface area contributed by atoms with Gasteiger partial charge in [0.05, 0.1) is 43.3 Å². The molecule has 43 heavy (non-hydrogen) atoms. The zero-order chi connectivity index (χ0) is 29.2. The number of hydrogen-bond acceptors (Lipinski definition) is 9. The molecule has 3 aromatic heterocycles. The first-order valence-electron chi connectivity index (χ1n) is 14.9. The summed E-state index contributed by atoms with van der Waals surface area (Å²) in [6.07, 6.45) is 4.68. The molecule has 2 aliphatic heterocycles. The third-order valence-electron chi connectivity index (χ3n) is 8.24. The molecule has 11 nitrogen and oxygen atoms in total. The van der Waals surface area contributed by atoms with E-state index in [4.69, 9.17) is 24.5 Å². The second-order valence-electron chi connectivity index (χ2n) is 11.1. The van der Waals surface area contributed by atoms with Gasteiger partial charge in [-0.05, 0) is 30.3 Å². The summed E-state index contributed by atoms with van der Waals surface area (Å²) < 4.78 is 15.1.